The zero-order valence-electron chi connectivity index (χ0n) is 11.6. The van der Waals surface area contributed by atoms with Gasteiger partial charge in [0.25, 0.3) is 0 Å². The van der Waals surface area contributed by atoms with Gasteiger partial charge in [-0.2, -0.15) is 0 Å². The van der Waals surface area contributed by atoms with E-state index < -0.39 is 5.97 Å². The molecule has 1 fully saturated rings. The van der Waals surface area contributed by atoms with Crippen molar-refractivity contribution in [2.45, 2.75) is 32.2 Å². The van der Waals surface area contributed by atoms with Gasteiger partial charge in [0.05, 0.1) is 13.0 Å². The Balaban J connectivity index is 2.22. The number of rotatable bonds is 5. The molecule has 104 valence electrons. The topological polar surface area (TPSA) is 72.5 Å². The molecule has 0 radical (unpaired) electrons. The van der Waals surface area contributed by atoms with Crippen molar-refractivity contribution >= 4 is 5.97 Å². The lowest BCUT2D eigenvalue weighted by atomic mass is 9.95. The Labute approximate surface area is 113 Å². The first-order valence-corrected chi connectivity index (χ1v) is 6.62. The van der Waals surface area contributed by atoms with Crippen LogP contribution in [-0.4, -0.2) is 18.2 Å². The highest BCUT2D eigenvalue weighted by Crippen LogP contribution is 2.48. The zero-order chi connectivity index (χ0) is 14.2. The quantitative estimate of drug-likeness (QED) is 0.856. The van der Waals surface area contributed by atoms with E-state index in [1.165, 1.54) is 5.56 Å². The van der Waals surface area contributed by atoms with Crippen molar-refractivity contribution in [1.29, 1.82) is 0 Å². The lowest BCUT2D eigenvalue weighted by Gasteiger charge is -2.17. The highest BCUT2D eigenvalue weighted by molar-refractivity contribution is 5.73. The Bertz CT molecular complexity index is 484. The molecule has 3 unspecified atom stereocenters. The average molecular weight is 263 g/mol. The maximum Gasteiger partial charge on any atom is 0.306 e. The summed E-state index contributed by atoms with van der Waals surface area (Å²) in [5.74, 6) is 0.153. The Morgan fingerprint density at radius 1 is 1.47 bits per heavy atom. The number of benzene rings is 1. The zero-order valence-corrected chi connectivity index (χ0v) is 11.6. The van der Waals surface area contributed by atoms with Gasteiger partial charge in [0, 0.05) is 11.6 Å². The summed E-state index contributed by atoms with van der Waals surface area (Å²) in [7, 11) is 1.62. The number of nitrogens with two attached hydrogens (primary N) is 1. The van der Waals surface area contributed by atoms with Crippen molar-refractivity contribution in [3.8, 4) is 5.75 Å². The molecule has 19 heavy (non-hydrogen) atoms. The second-order valence-electron chi connectivity index (χ2n) is 5.53. The minimum Gasteiger partial charge on any atom is -0.496 e. The van der Waals surface area contributed by atoms with Gasteiger partial charge in [-0.3, -0.25) is 4.79 Å². The maximum absolute atomic E-state index is 10.9. The van der Waals surface area contributed by atoms with Crippen molar-refractivity contribution in [2.75, 3.05) is 7.11 Å². The monoisotopic (exact) mass is 263 g/mol. The summed E-state index contributed by atoms with van der Waals surface area (Å²) in [4.78, 5) is 10.9. The van der Waals surface area contributed by atoms with Crippen molar-refractivity contribution < 1.29 is 14.6 Å². The van der Waals surface area contributed by atoms with E-state index in [0.717, 1.165) is 11.3 Å². The van der Waals surface area contributed by atoms with Gasteiger partial charge in [0.2, 0.25) is 0 Å². The molecule has 1 saturated carbocycles. The van der Waals surface area contributed by atoms with Crippen LogP contribution in [0.2, 0.25) is 0 Å². The van der Waals surface area contributed by atoms with Gasteiger partial charge in [-0.15, -0.1) is 0 Å². The van der Waals surface area contributed by atoms with Crippen LogP contribution in [0.1, 0.15) is 43.4 Å². The standard InChI is InChI=1S/C15H21NO3/c1-8(2)9-4-5-10(13(6-9)19-3)14(16)11-7-12(11)15(17)18/h4-6,8,11-12,14H,7,16H2,1-3H3,(H,17,18). The van der Waals surface area contributed by atoms with E-state index in [2.05, 4.69) is 13.8 Å². The second-order valence-corrected chi connectivity index (χ2v) is 5.53. The Hall–Kier alpha value is -1.55. The molecule has 0 heterocycles. The van der Waals surface area contributed by atoms with Crippen LogP contribution in [0.3, 0.4) is 0 Å². The molecule has 1 aliphatic carbocycles. The minimum atomic E-state index is -0.752. The second kappa shape index (κ2) is 5.21. The molecule has 4 nitrogen and oxygen atoms in total. The van der Waals surface area contributed by atoms with Crippen molar-refractivity contribution in [2.24, 2.45) is 17.6 Å². The Kier molecular flexibility index (Phi) is 3.80. The number of ether oxygens (including phenoxy) is 1. The number of carbonyl (C=O) groups is 1. The van der Waals surface area contributed by atoms with Gasteiger partial charge in [0.1, 0.15) is 5.75 Å². The lowest BCUT2D eigenvalue weighted by Crippen LogP contribution is -2.17. The summed E-state index contributed by atoms with van der Waals surface area (Å²) in [6.07, 6.45) is 0.658. The Morgan fingerprint density at radius 3 is 2.63 bits per heavy atom. The van der Waals surface area contributed by atoms with Gasteiger partial charge in [-0.25, -0.2) is 0 Å². The number of carboxylic acid groups (broad SMARTS) is 1. The fourth-order valence-electron chi connectivity index (χ4n) is 2.49. The molecule has 3 N–H and O–H groups in total. The van der Waals surface area contributed by atoms with Crippen LogP contribution in [-0.2, 0) is 4.79 Å². The molecule has 1 aromatic carbocycles. The van der Waals surface area contributed by atoms with Crippen molar-refractivity contribution in [3.63, 3.8) is 0 Å². The summed E-state index contributed by atoms with van der Waals surface area (Å²) in [5, 5.41) is 8.98. The molecule has 0 spiro atoms. The van der Waals surface area contributed by atoms with Crippen molar-refractivity contribution in [3.05, 3.63) is 29.3 Å². The van der Waals surface area contributed by atoms with E-state index in [9.17, 15) is 4.79 Å². The molecule has 1 aromatic rings. The van der Waals surface area contributed by atoms with Crippen LogP contribution < -0.4 is 10.5 Å². The number of aliphatic carboxylic acids is 1. The molecule has 0 bridgehead atoms. The number of carboxylic acids is 1. The summed E-state index contributed by atoms with van der Waals surface area (Å²) < 4.78 is 5.40. The van der Waals surface area contributed by atoms with Crippen LogP contribution in [0.5, 0.6) is 5.75 Å². The SMILES string of the molecule is COc1cc(C(C)C)ccc1C(N)C1CC1C(=O)O. The summed E-state index contributed by atoms with van der Waals surface area (Å²) in [5.41, 5.74) is 8.28. The van der Waals surface area contributed by atoms with Gasteiger partial charge in [0.15, 0.2) is 0 Å². The van der Waals surface area contributed by atoms with Crippen LogP contribution in [0.25, 0.3) is 0 Å². The third-order valence-corrected chi connectivity index (χ3v) is 3.90. The molecule has 0 aliphatic heterocycles. The average Bonchev–Trinajstić information content (AvgIpc) is 3.17. The summed E-state index contributed by atoms with van der Waals surface area (Å²) >= 11 is 0. The van der Waals surface area contributed by atoms with Gasteiger partial charge in [-0.05, 0) is 29.9 Å². The summed E-state index contributed by atoms with van der Waals surface area (Å²) in [6.45, 7) is 4.24. The molecule has 3 atom stereocenters. The van der Waals surface area contributed by atoms with E-state index in [1.54, 1.807) is 7.11 Å². The first-order valence-electron chi connectivity index (χ1n) is 6.62. The highest BCUT2D eigenvalue weighted by Gasteiger charge is 2.47. The fourth-order valence-corrected chi connectivity index (χ4v) is 2.49. The molecule has 0 aromatic heterocycles. The van der Waals surface area contributed by atoms with Crippen molar-refractivity contribution in [1.82, 2.24) is 0 Å². The summed E-state index contributed by atoms with van der Waals surface area (Å²) in [6, 6.07) is 5.74. The van der Waals surface area contributed by atoms with Crippen LogP contribution in [0, 0.1) is 11.8 Å². The van der Waals surface area contributed by atoms with Gasteiger partial charge in [-0.1, -0.05) is 26.0 Å². The van der Waals surface area contributed by atoms with Crippen LogP contribution in [0.15, 0.2) is 18.2 Å². The number of hydrogen-bond donors (Lipinski definition) is 2. The van der Waals surface area contributed by atoms with E-state index in [0.29, 0.717) is 12.3 Å². The highest BCUT2D eigenvalue weighted by atomic mass is 16.5. The largest absolute Gasteiger partial charge is 0.496 e. The van der Waals surface area contributed by atoms with E-state index in [1.807, 2.05) is 18.2 Å². The first-order chi connectivity index (χ1) is 8.95. The predicted octanol–water partition coefficient (Wildman–Crippen LogP) is 2.54. The van der Waals surface area contributed by atoms with E-state index in [-0.39, 0.29) is 17.9 Å². The molecular formula is C15H21NO3. The molecule has 2 rings (SSSR count). The molecular weight excluding hydrogens is 242 g/mol. The molecule has 1 aliphatic rings. The molecule has 4 heteroatoms. The van der Waals surface area contributed by atoms with E-state index >= 15 is 0 Å². The molecule has 0 saturated heterocycles. The number of hydrogen-bond acceptors (Lipinski definition) is 3. The Morgan fingerprint density at radius 2 is 2.16 bits per heavy atom. The van der Waals surface area contributed by atoms with Crippen LogP contribution in [0.4, 0.5) is 0 Å². The third kappa shape index (κ3) is 2.73. The minimum absolute atomic E-state index is 0.0244. The van der Waals surface area contributed by atoms with E-state index in [4.69, 9.17) is 15.6 Å². The van der Waals surface area contributed by atoms with Gasteiger partial charge >= 0.3 is 5.97 Å². The van der Waals surface area contributed by atoms with Crippen LogP contribution >= 0.6 is 0 Å². The smallest absolute Gasteiger partial charge is 0.306 e. The van der Waals surface area contributed by atoms with Gasteiger partial charge < -0.3 is 15.6 Å². The first kappa shape index (κ1) is 13.9. The number of methoxy groups -OCH3 is 1. The fraction of sp³-hybridized carbons (Fsp3) is 0.533. The lowest BCUT2D eigenvalue weighted by molar-refractivity contribution is -0.138. The third-order valence-electron chi connectivity index (χ3n) is 3.90. The predicted molar refractivity (Wildman–Crippen MR) is 73.2 cm³/mol. The maximum atomic E-state index is 10.9. The normalized spacial score (nSPS) is 23.2. The molecule has 0 amide bonds.